The van der Waals surface area contributed by atoms with E-state index in [1.807, 2.05) is 42.4 Å². The monoisotopic (exact) mass is 706 g/mol. The maximum absolute atomic E-state index is 14.4. The van der Waals surface area contributed by atoms with Gasteiger partial charge in [-0.15, -0.1) is 0 Å². The number of aromatic amines is 1. The molecule has 4 heterocycles. The zero-order valence-electron chi connectivity index (χ0n) is 30.3. The van der Waals surface area contributed by atoms with Gasteiger partial charge in [0.05, 0.1) is 38.5 Å². The van der Waals surface area contributed by atoms with E-state index < -0.39 is 0 Å². The van der Waals surface area contributed by atoms with Gasteiger partial charge in [0, 0.05) is 56.0 Å². The van der Waals surface area contributed by atoms with Crippen LogP contribution in [0.1, 0.15) is 59.3 Å². The van der Waals surface area contributed by atoms with Gasteiger partial charge in [-0.3, -0.25) is 14.7 Å². The number of methoxy groups -OCH3 is 3. The highest BCUT2D eigenvalue weighted by molar-refractivity contribution is 5.95. The summed E-state index contributed by atoms with van der Waals surface area (Å²) in [6, 6.07) is 21.9. The number of anilines is 1. The summed E-state index contributed by atoms with van der Waals surface area (Å²) in [6.07, 6.45) is 4.83. The van der Waals surface area contributed by atoms with Crippen LogP contribution in [0.5, 0.6) is 28.7 Å². The molecule has 1 saturated heterocycles. The Bertz CT molecular complexity index is 1990. The van der Waals surface area contributed by atoms with Crippen molar-refractivity contribution >= 4 is 22.9 Å². The Balaban J connectivity index is 1.13. The van der Waals surface area contributed by atoms with Gasteiger partial charge < -0.3 is 38.9 Å². The van der Waals surface area contributed by atoms with Gasteiger partial charge in [0.2, 0.25) is 18.5 Å². The minimum Gasteiger partial charge on any atom is -0.493 e. The molecule has 2 aliphatic heterocycles. The van der Waals surface area contributed by atoms with E-state index in [1.54, 1.807) is 33.5 Å². The Labute approximate surface area is 304 Å². The van der Waals surface area contributed by atoms with E-state index in [9.17, 15) is 4.79 Å². The molecule has 2 aliphatic rings. The van der Waals surface area contributed by atoms with E-state index in [1.165, 1.54) is 0 Å². The lowest BCUT2D eigenvalue weighted by atomic mass is 9.89. The molecule has 0 radical (unpaired) electrons. The SMILES string of the molecule is CCC(c1ccc2c(c1)OCO2)C(N1CCC(Nc2nc3c(Cc4ccccn4)cccc3[nH]2)CC1)N(C)C(=O)c1cc(OC)c(OC)c(OC)c1. The molecule has 52 heavy (non-hydrogen) atoms. The van der Waals surface area contributed by atoms with Crippen LogP contribution in [0.25, 0.3) is 11.0 Å². The highest BCUT2D eigenvalue weighted by Gasteiger charge is 2.37. The summed E-state index contributed by atoms with van der Waals surface area (Å²) < 4.78 is 28.1. The molecule has 2 atom stereocenters. The van der Waals surface area contributed by atoms with Crippen molar-refractivity contribution in [3.63, 3.8) is 0 Å². The van der Waals surface area contributed by atoms with E-state index >= 15 is 0 Å². The van der Waals surface area contributed by atoms with Crippen LogP contribution in [0.15, 0.2) is 72.9 Å². The molecular weight excluding hydrogens is 660 g/mol. The van der Waals surface area contributed by atoms with Crippen LogP contribution in [-0.2, 0) is 6.42 Å². The zero-order valence-corrected chi connectivity index (χ0v) is 30.3. The average Bonchev–Trinajstić information content (AvgIpc) is 3.83. The standard InChI is InChI=1S/C40H46N6O6/c1-6-30(25-13-14-32-33(21-25)52-24-51-32)38(45(2)39(47)27-22-34(48-3)37(50-5)35(23-27)49-4)46-18-15-28(16-19-46)42-40-43-31-12-9-10-26(36(31)44-40)20-29-11-7-8-17-41-29/h7-14,17,21-23,28,30,38H,6,15-16,18-20,24H2,1-5H3,(H2,42,43,44). The number of pyridine rings is 1. The van der Waals surface area contributed by atoms with Gasteiger partial charge in [0.25, 0.3) is 5.91 Å². The van der Waals surface area contributed by atoms with Crippen LogP contribution in [-0.4, -0.2) is 91.1 Å². The second-order valence-electron chi connectivity index (χ2n) is 13.2. The number of H-pyrrole nitrogens is 1. The molecular formula is C40H46N6O6. The maximum atomic E-state index is 14.4. The average molecular weight is 707 g/mol. The number of benzene rings is 3. The third kappa shape index (κ3) is 7.03. The molecule has 2 unspecified atom stereocenters. The third-order valence-corrected chi connectivity index (χ3v) is 10.2. The summed E-state index contributed by atoms with van der Waals surface area (Å²) in [5.74, 6) is 3.37. The van der Waals surface area contributed by atoms with Crippen molar-refractivity contribution in [2.24, 2.45) is 0 Å². The third-order valence-electron chi connectivity index (χ3n) is 10.2. The van der Waals surface area contributed by atoms with Crippen molar-refractivity contribution in [3.8, 4) is 28.7 Å². The summed E-state index contributed by atoms with van der Waals surface area (Å²) >= 11 is 0. The van der Waals surface area contributed by atoms with E-state index in [4.69, 9.17) is 28.7 Å². The first kappa shape index (κ1) is 34.9. The van der Waals surface area contributed by atoms with Gasteiger partial charge >= 0.3 is 0 Å². The number of aromatic nitrogens is 3. The minimum absolute atomic E-state index is 0.0112. The lowest BCUT2D eigenvalue weighted by Gasteiger charge is -2.45. The molecule has 0 bridgehead atoms. The van der Waals surface area contributed by atoms with E-state index in [-0.39, 0.29) is 30.8 Å². The van der Waals surface area contributed by atoms with Crippen LogP contribution in [0.3, 0.4) is 0 Å². The number of nitrogens with one attached hydrogen (secondary N) is 2. The van der Waals surface area contributed by atoms with Crippen LogP contribution in [0.2, 0.25) is 0 Å². The van der Waals surface area contributed by atoms with E-state index in [2.05, 4.69) is 57.4 Å². The van der Waals surface area contributed by atoms with Crippen LogP contribution in [0, 0.1) is 0 Å². The van der Waals surface area contributed by atoms with Gasteiger partial charge in [-0.05, 0) is 72.9 Å². The molecule has 0 spiro atoms. The molecule has 12 nitrogen and oxygen atoms in total. The highest BCUT2D eigenvalue weighted by atomic mass is 16.7. The number of piperidine rings is 1. The van der Waals surface area contributed by atoms with Crippen molar-refractivity contribution < 1.29 is 28.5 Å². The first-order chi connectivity index (χ1) is 25.4. The normalized spacial score (nSPS) is 15.6. The van der Waals surface area contributed by atoms with Crippen molar-refractivity contribution in [2.45, 2.75) is 50.7 Å². The first-order valence-corrected chi connectivity index (χ1v) is 17.8. The molecule has 5 aromatic rings. The van der Waals surface area contributed by atoms with Crippen molar-refractivity contribution in [1.82, 2.24) is 24.8 Å². The Hall–Kier alpha value is -5.49. The number of imidazole rings is 1. The predicted molar refractivity (Wildman–Crippen MR) is 199 cm³/mol. The molecule has 2 aromatic heterocycles. The summed E-state index contributed by atoms with van der Waals surface area (Å²) in [5, 5.41) is 3.68. The number of likely N-dealkylation sites (N-methyl/N-ethyl adjacent to an activating group) is 1. The van der Waals surface area contributed by atoms with Gasteiger partial charge in [-0.25, -0.2) is 4.98 Å². The quantitative estimate of drug-likeness (QED) is 0.141. The van der Waals surface area contributed by atoms with Gasteiger partial charge in [0.1, 0.15) is 0 Å². The molecule has 0 saturated carbocycles. The largest absolute Gasteiger partial charge is 0.493 e. The van der Waals surface area contributed by atoms with Gasteiger partial charge in [-0.1, -0.05) is 31.2 Å². The lowest BCUT2D eigenvalue weighted by molar-refractivity contribution is 0.0200. The fraction of sp³-hybridized carbons (Fsp3) is 0.375. The molecule has 3 aromatic carbocycles. The number of carbonyl (C=O) groups is 1. The maximum Gasteiger partial charge on any atom is 0.255 e. The summed E-state index contributed by atoms with van der Waals surface area (Å²) in [4.78, 5) is 31.7. The topological polar surface area (TPSA) is 123 Å². The predicted octanol–water partition coefficient (Wildman–Crippen LogP) is 6.47. The Morgan fingerprint density at radius 3 is 2.44 bits per heavy atom. The fourth-order valence-corrected chi connectivity index (χ4v) is 7.56. The number of carbonyl (C=O) groups excluding carboxylic acids is 1. The van der Waals surface area contributed by atoms with E-state index in [0.29, 0.717) is 29.2 Å². The molecule has 1 fully saturated rings. The molecule has 12 heteroatoms. The molecule has 2 N–H and O–H groups in total. The zero-order chi connectivity index (χ0) is 36.2. The lowest BCUT2D eigenvalue weighted by Crippen LogP contribution is -2.55. The Morgan fingerprint density at radius 2 is 1.75 bits per heavy atom. The Morgan fingerprint density at radius 1 is 0.981 bits per heavy atom. The van der Waals surface area contributed by atoms with Gasteiger partial charge in [0.15, 0.2) is 23.0 Å². The minimum atomic E-state index is -0.252. The summed E-state index contributed by atoms with van der Waals surface area (Å²) in [5.41, 5.74) is 5.63. The van der Waals surface area contributed by atoms with Crippen molar-refractivity contribution in [3.05, 3.63) is 95.3 Å². The number of para-hydroxylation sites is 1. The van der Waals surface area contributed by atoms with Crippen LogP contribution >= 0.6 is 0 Å². The number of nitrogens with zero attached hydrogens (tertiary/aromatic N) is 4. The second-order valence-corrected chi connectivity index (χ2v) is 13.2. The van der Waals surface area contributed by atoms with Crippen LogP contribution < -0.4 is 29.0 Å². The number of rotatable bonds is 13. The number of likely N-dealkylation sites (tertiary alicyclic amines) is 1. The Kier molecular flexibility index (Phi) is 10.3. The van der Waals surface area contributed by atoms with E-state index in [0.717, 1.165) is 77.7 Å². The number of hydrogen-bond donors (Lipinski definition) is 2. The van der Waals surface area contributed by atoms with Crippen LogP contribution in [0.4, 0.5) is 5.95 Å². The number of amides is 1. The molecule has 0 aliphatic carbocycles. The van der Waals surface area contributed by atoms with Crippen molar-refractivity contribution in [2.75, 3.05) is 53.6 Å². The highest BCUT2D eigenvalue weighted by Crippen LogP contribution is 2.41. The smallest absolute Gasteiger partial charge is 0.255 e. The second kappa shape index (κ2) is 15.4. The molecule has 272 valence electrons. The molecule has 1 amide bonds. The summed E-state index contributed by atoms with van der Waals surface area (Å²) in [7, 11) is 6.53. The molecule has 7 rings (SSSR count). The first-order valence-electron chi connectivity index (χ1n) is 17.8. The van der Waals surface area contributed by atoms with Crippen molar-refractivity contribution in [1.29, 1.82) is 0 Å². The number of fused-ring (bicyclic) bond motifs is 2. The fourth-order valence-electron chi connectivity index (χ4n) is 7.56. The number of hydrogen-bond acceptors (Lipinski definition) is 10. The van der Waals surface area contributed by atoms with Gasteiger partial charge in [-0.2, -0.15) is 0 Å². The number of ether oxygens (including phenoxy) is 5. The summed E-state index contributed by atoms with van der Waals surface area (Å²) in [6.45, 7) is 3.93.